The summed E-state index contributed by atoms with van der Waals surface area (Å²) >= 11 is 11.8. The highest BCUT2D eigenvalue weighted by Gasteiger charge is 2.28. The maximum atomic E-state index is 11.7. The summed E-state index contributed by atoms with van der Waals surface area (Å²) in [5.41, 5.74) is 5.59. The molecule has 0 spiro atoms. The number of halogens is 3. The van der Waals surface area contributed by atoms with Crippen LogP contribution in [0.25, 0.3) is 0 Å². The molecule has 1 amide bonds. The Morgan fingerprint density at radius 1 is 1.45 bits per heavy atom. The quantitative estimate of drug-likeness (QED) is 0.921. The smallest absolute Gasteiger partial charge is 0.239 e. The minimum Gasteiger partial charge on any atom is -0.488 e. The summed E-state index contributed by atoms with van der Waals surface area (Å²) < 4.78 is 5.79. The van der Waals surface area contributed by atoms with Gasteiger partial charge in [0, 0.05) is 19.0 Å². The number of carbonyl (C=O) groups excluding carboxylic acids is 1. The van der Waals surface area contributed by atoms with Crippen molar-refractivity contribution in [1.29, 1.82) is 0 Å². The molecule has 2 atom stereocenters. The van der Waals surface area contributed by atoms with E-state index in [2.05, 4.69) is 0 Å². The van der Waals surface area contributed by atoms with Crippen molar-refractivity contribution in [2.24, 2.45) is 5.73 Å². The van der Waals surface area contributed by atoms with Crippen molar-refractivity contribution in [3.8, 4) is 5.75 Å². The zero-order valence-electron chi connectivity index (χ0n) is 11.0. The highest BCUT2D eigenvalue weighted by atomic mass is 35.5. The first-order chi connectivity index (χ1) is 8.97. The molecular weight excluding hydrogens is 323 g/mol. The molecule has 0 aliphatic carbocycles. The third-order valence-electron chi connectivity index (χ3n) is 3.04. The van der Waals surface area contributed by atoms with Crippen LogP contribution < -0.4 is 10.5 Å². The van der Waals surface area contributed by atoms with Crippen LogP contribution in [0.3, 0.4) is 0 Å². The first kappa shape index (κ1) is 17.4. The summed E-state index contributed by atoms with van der Waals surface area (Å²) in [5, 5.41) is 0.954. The van der Waals surface area contributed by atoms with E-state index in [9.17, 15) is 4.79 Å². The van der Waals surface area contributed by atoms with Gasteiger partial charge in [0.1, 0.15) is 11.9 Å². The summed E-state index contributed by atoms with van der Waals surface area (Å²) in [6.07, 6.45) is 0.763. The zero-order valence-corrected chi connectivity index (χ0v) is 13.3. The second-order valence-corrected chi connectivity index (χ2v) is 5.49. The summed E-state index contributed by atoms with van der Waals surface area (Å²) in [4.78, 5) is 13.5. The lowest BCUT2D eigenvalue weighted by Gasteiger charge is -2.19. The van der Waals surface area contributed by atoms with Crippen molar-refractivity contribution < 1.29 is 9.53 Å². The van der Waals surface area contributed by atoms with Gasteiger partial charge in [-0.1, -0.05) is 23.2 Å². The minimum atomic E-state index is -0.469. The maximum Gasteiger partial charge on any atom is 0.239 e. The third-order valence-corrected chi connectivity index (χ3v) is 3.78. The van der Waals surface area contributed by atoms with Crippen LogP contribution in [-0.2, 0) is 4.79 Å². The number of nitrogens with two attached hydrogens (primary N) is 1. The van der Waals surface area contributed by atoms with Crippen molar-refractivity contribution >= 4 is 41.5 Å². The molecule has 0 saturated carbocycles. The molecule has 1 unspecified atom stereocenters. The fourth-order valence-corrected chi connectivity index (χ4v) is 2.34. The third kappa shape index (κ3) is 4.16. The van der Waals surface area contributed by atoms with Gasteiger partial charge in [0.05, 0.1) is 22.6 Å². The Labute approximate surface area is 134 Å². The van der Waals surface area contributed by atoms with E-state index < -0.39 is 6.04 Å². The van der Waals surface area contributed by atoms with E-state index in [1.54, 1.807) is 30.0 Å². The summed E-state index contributed by atoms with van der Waals surface area (Å²) in [6, 6.07) is 4.67. The number of carbonyl (C=O) groups is 1. The highest BCUT2D eigenvalue weighted by Crippen LogP contribution is 2.28. The van der Waals surface area contributed by atoms with Crippen molar-refractivity contribution in [3.63, 3.8) is 0 Å². The molecule has 1 fully saturated rings. The molecule has 0 bridgehead atoms. The highest BCUT2D eigenvalue weighted by molar-refractivity contribution is 6.42. The van der Waals surface area contributed by atoms with E-state index in [0.717, 1.165) is 6.42 Å². The van der Waals surface area contributed by atoms with Gasteiger partial charge < -0.3 is 15.4 Å². The molecule has 4 nitrogen and oxygen atoms in total. The average molecular weight is 340 g/mol. The molecule has 112 valence electrons. The van der Waals surface area contributed by atoms with Gasteiger partial charge >= 0.3 is 0 Å². The SMILES string of the molecule is C[C@@H](N)C(=O)N1CCC(Oc2ccc(Cl)c(Cl)c2)C1.Cl. The van der Waals surface area contributed by atoms with Crippen molar-refractivity contribution in [1.82, 2.24) is 4.90 Å². The Morgan fingerprint density at radius 3 is 2.75 bits per heavy atom. The molecule has 2 N–H and O–H groups in total. The fraction of sp³-hybridized carbons (Fsp3) is 0.462. The molecule has 0 radical (unpaired) electrons. The van der Waals surface area contributed by atoms with Gasteiger partial charge in [0.25, 0.3) is 0 Å². The number of benzene rings is 1. The fourth-order valence-electron chi connectivity index (χ4n) is 2.06. The van der Waals surface area contributed by atoms with Crippen LogP contribution >= 0.6 is 35.6 Å². The average Bonchev–Trinajstić information content (AvgIpc) is 2.81. The Morgan fingerprint density at radius 2 is 2.15 bits per heavy atom. The molecule has 7 heteroatoms. The lowest BCUT2D eigenvalue weighted by Crippen LogP contribution is -2.41. The first-order valence-corrected chi connectivity index (χ1v) is 6.89. The largest absolute Gasteiger partial charge is 0.488 e. The van der Waals surface area contributed by atoms with Crippen LogP contribution in [0.15, 0.2) is 18.2 Å². The molecule has 20 heavy (non-hydrogen) atoms. The van der Waals surface area contributed by atoms with E-state index >= 15 is 0 Å². The molecule has 1 aromatic carbocycles. The molecule has 1 aliphatic rings. The number of rotatable bonds is 3. The number of amides is 1. The van der Waals surface area contributed by atoms with Crippen molar-refractivity contribution in [2.75, 3.05) is 13.1 Å². The van der Waals surface area contributed by atoms with Gasteiger partial charge in [-0.05, 0) is 19.1 Å². The maximum absolute atomic E-state index is 11.7. The van der Waals surface area contributed by atoms with E-state index in [-0.39, 0.29) is 24.4 Å². The van der Waals surface area contributed by atoms with Crippen LogP contribution in [0.1, 0.15) is 13.3 Å². The molecule has 1 saturated heterocycles. The van der Waals surface area contributed by atoms with Crippen molar-refractivity contribution in [2.45, 2.75) is 25.5 Å². The predicted molar refractivity (Wildman–Crippen MR) is 83.0 cm³/mol. The normalized spacial score (nSPS) is 19.4. The van der Waals surface area contributed by atoms with Gasteiger partial charge in [-0.3, -0.25) is 4.79 Å². The monoisotopic (exact) mass is 338 g/mol. The van der Waals surface area contributed by atoms with Crippen LogP contribution in [0.4, 0.5) is 0 Å². The second-order valence-electron chi connectivity index (χ2n) is 4.68. The van der Waals surface area contributed by atoms with Crippen molar-refractivity contribution in [3.05, 3.63) is 28.2 Å². The number of hydrogen-bond donors (Lipinski definition) is 1. The van der Waals surface area contributed by atoms with E-state index in [1.807, 2.05) is 0 Å². The Kier molecular flexibility index (Phi) is 6.40. The first-order valence-electron chi connectivity index (χ1n) is 6.13. The van der Waals surface area contributed by atoms with Gasteiger partial charge in [-0.2, -0.15) is 0 Å². The van der Waals surface area contributed by atoms with E-state index in [1.165, 1.54) is 0 Å². The van der Waals surface area contributed by atoms with E-state index in [4.69, 9.17) is 33.7 Å². The van der Waals surface area contributed by atoms with Gasteiger partial charge in [-0.25, -0.2) is 0 Å². The number of likely N-dealkylation sites (tertiary alicyclic amines) is 1. The zero-order chi connectivity index (χ0) is 14.0. The van der Waals surface area contributed by atoms with Crippen LogP contribution in [0.2, 0.25) is 10.0 Å². The summed E-state index contributed by atoms with van der Waals surface area (Å²) in [6.45, 7) is 2.92. The molecule has 2 rings (SSSR count). The minimum absolute atomic E-state index is 0. The molecule has 1 aliphatic heterocycles. The molecular formula is C13H17Cl3N2O2. The number of hydrogen-bond acceptors (Lipinski definition) is 3. The van der Waals surface area contributed by atoms with Gasteiger partial charge in [0.2, 0.25) is 5.91 Å². The van der Waals surface area contributed by atoms with Gasteiger partial charge in [0.15, 0.2) is 0 Å². The van der Waals surface area contributed by atoms with Gasteiger partial charge in [-0.15, -0.1) is 12.4 Å². The standard InChI is InChI=1S/C13H16Cl2N2O2.ClH/c1-8(16)13(18)17-5-4-10(7-17)19-9-2-3-11(14)12(15)6-9;/h2-3,6,8,10H,4-5,7,16H2,1H3;1H/t8-,10?;/m1./s1. The number of ether oxygens (including phenoxy) is 1. The number of nitrogens with zero attached hydrogens (tertiary/aromatic N) is 1. The molecule has 1 aromatic rings. The van der Waals surface area contributed by atoms with E-state index in [0.29, 0.717) is 28.9 Å². The van der Waals surface area contributed by atoms with Crippen LogP contribution in [0.5, 0.6) is 5.75 Å². The van der Waals surface area contributed by atoms with Crippen LogP contribution in [0, 0.1) is 0 Å². The van der Waals surface area contributed by atoms with Crippen LogP contribution in [-0.4, -0.2) is 36.0 Å². The Balaban J connectivity index is 0.00000200. The summed E-state index contributed by atoms with van der Waals surface area (Å²) in [7, 11) is 0. The second kappa shape index (κ2) is 7.36. The lowest BCUT2D eigenvalue weighted by atomic mass is 10.3. The Hall–Kier alpha value is -0.680. The topological polar surface area (TPSA) is 55.6 Å². The Bertz CT molecular complexity index is 483. The summed E-state index contributed by atoms with van der Waals surface area (Å²) in [5.74, 6) is 0.620. The molecule has 1 heterocycles. The predicted octanol–water partition coefficient (Wildman–Crippen LogP) is 2.74. The molecule has 0 aromatic heterocycles. The lowest BCUT2D eigenvalue weighted by molar-refractivity contribution is -0.131.